The molecular weight excluding hydrogens is 309 g/mol. The van der Waals surface area contributed by atoms with E-state index >= 15 is 0 Å². The van der Waals surface area contributed by atoms with Gasteiger partial charge in [0.05, 0.1) is 11.2 Å². The largest absolute Gasteiger partial charge is 0.275 e. The van der Waals surface area contributed by atoms with Gasteiger partial charge < -0.3 is 0 Å². The molecule has 0 spiro atoms. The van der Waals surface area contributed by atoms with E-state index in [-0.39, 0.29) is 16.5 Å². The number of nitrogens with one attached hydrogen (secondary N) is 1. The van der Waals surface area contributed by atoms with Crippen LogP contribution in [0.4, 0.5) is 0 Å². The van der Waals surface area contributed by atoms with Gasteiger partial charge in [-0.3, -0.25) is 4.68 Å². The zero-order chi connectivity index (χ0) is 14.0. The minimum Gasteiger partial charge on any atom is -0.275 e. The Morgan fingerprint density at radius 1 is 1.37 bits per heavy atom. The monoisotopic (exact) mass is 319 g/mol. The molecule has 0 aliphatic carbocycles. The lowest BCUT2D eigenvalue weighted by Crippen LogP contribution is -2.23. The number of benzene rings is 1. The second kappa shape index (κ2) is 5.50. The van der Waals surface area contributed by atoms with Crippen LogP contribution in [0.15, 0.2) is 35.5 Å². The number of halogens is 2. The van der Waals surface area contributed by atoms with Crippen LogP contribution in [0.2, 0.25) is 10.0 Å². The maximum Gasteiger partial charge on any atom is 0.242 e. The molecule has 1 aromatic heterocycles. The Labute approximate surface area is 121 Å². The van der Waals surface area contributed by atoms with E-state index < -0.39 is 10.0 Å². The van der Waals surface area contributed by atoms with Crippen molar-refractivity contribution in [2.75, 3.05) is 0 Å². The molecule has 1 aromatic carbocycles. The molecule has 5 nitrogen and oxygen atoms in total. The molecule has 0 atom stereocenters. The molecule has 2 rings (SSSR count). The van der Waals surface area contributed by atoms with Crippen LogP contribution in [0, 0.1) is 0 Å². The molecule has 0 unspecified atom stereocenters. The van der Waals surface area contributed by atoms with Gasteiger partial charge in [0.25, 0.3) is 0 Å². The molecule has 0 aliphatic heterocycles. The summed E-state index contributed by atoms with van der Waals surface area (Å²) in [5.41, 5.74) is 0.754. The van der Waals surface area contributed by atoms with Gasteiger partial charge in [-0.15, -0.1) is 0 Å². The zero-order valence-corrected chi connectivity index (χ0v) is 12.3. The molecule has 8 heteroatoms. The van der Waals surface area contributed by atoms with Gasteiger partial charge >= 0.3 is 0 Å². The van der Waals surface area contributed by atoms with E-state index in [9.17, 15) is 8.42 Å². The molecule has 102 valence electrons. The van der Waals surface area contributed by atoms with Crippen molar-refractivity contribution in [3.05, 3.63) is 46.2 Å². The van der Waals surface area contributed by atoms with E-state index in [1.807, 2.05) is 0 Å². The average molecular weight is 320 g/mol. The predicted octanol–water partition coefficient (Wildman–Crippen LogP) is 2.21. The van der Waals surface area contributed by atoms with Crippen LogP contribution in [0.25, 0.3) is 0 Å². The quantitative estimate of drug-likeness (QED) is 0.939. The minimum atomic E-state index is -3.71. The SMILES string of the molecule is Cn1cc(CNS(=O)(=O)c2cc(Cl)ccc2Cl)cn1. The lowest BCUT2D eigenvalue weighted by atomic mass is 10.4. The Morgan fingerprint density at radius 3 is 2.74 bits per heavy atom. The maximum atomic E-state index is 12.1. The third kappa shape index (κ3) is 3.48. The highest BCUT2D eigenvalue weighted by Crippen LogP contribution is 2.24. The summed E-state index contributed by atoms with van der Waals surface area (Å²) < 4.78 is 28.2. The standard InChI is InChI=1S/C11H11Cl2N3O2S/c1-16-7-8(5-14-16)6-15-19(17,18)11-4-9(12)2-3-10(11)13/h2-5,7,15H,6H2,1H3. The molecule has 0 bridgehead atoms. The smallest absolute Gasteiger partial charge is 0.242 e. The average Bonchev–Trinajstić information content (AvgIpc) is 2.76. The van der Waals surface area contributed by atoms with Gasteiger partial charge in [-0.25, -0.2) is 13.1 Å². The number of aromatic nitrogens is 2. The van der Waals surface area contributed by atoms with Crippen molar-refractivity contribution < 1.29 is 8.42 Å². The second-order valence-corrected chi connectivity index (χ2v) is 6.50. The fourth-order valence-electron chi connectivity index (χ4n) is 1.50. The normalized spacial score (nSPS) is 11.7. The van der Waals surface area contributed by atoms with Crippen molar-refractivity contribution in [2.24, 2.45) is 7.05 Å². The first kappa shape index (κ1) is 14.3. The number of hydrogen-bond donors (Lipinski definition) is 1. The molecule has 0 saturated heterocycles. The van der Waals surface area contributed by atoms with Crippen molar-refractivity contribution in [1.82, 2.24) is 14.5 Å². The summed E-state index contributed by atoms with van der Waals surface area (Å²) >= 11 is 11.7. The molecule has 0 aliphatic rings. The van der Waals surface area contributed by atoms with Crippen LogP contribution in [-0.4, -0.2) is 18.2 Å². The van der Waals surface area contributed by atoms with Gasteiger partial charge in [0.15, 0.2) is 0 Å². The third-order valence-electron chi connectivity index (χ3n) is 2.41. The highest BCUT2D eigenvalue weighted by molar-refractivity contribution is 7.89. The highest BCUT2D eigenvalue weighted by atomic mass is 35.5. The number of hydrogen-bond acceptors (Lipinski definition) is 3. The van der Waals surface area contributed by atoms with E-state index in [1.54, 1.807) is 24.1 Å². The molecule has 0 amide bonds. The van der Waals surface area contributed by atoms with E-state index in [0.717, 1.165) is 5.56 Å². The van der Waals surface area contributed by atoms with Crippen molar-refractivity contribution in [3.63, 3.8) is 0 Å². The molecule has 0 fully saturated rings. The van der Waals surface area contributed by atoms with Crippen molar-refractivity contribution in [3.8, 4) is 0 Å². The Morgan fingerprint density at radius 2 is 2.11 bits per heavy atom. The van der Waals surface area contributed by atoms with E-state index in [2.05, 4.69) is 9.82 Å². The molecule has 0 saturated carbocycles. The molecule has 0 radical (unpaired) electrons. The lowest BCUT2D eigenvalue weighted by Gasteiger charge is -2.07. The van der Waals surface area contributed by atoms with E-state index in [1.165, 1.54) is 18.2 Å². The summed E-state index contributed by atoms with van der Waals surface area (Å²) in [6.07, 6.45) is 3.31. The van der Waals surface area contributed by atoms with Crippen molar-refractivity contribution in [2.45, 2.75) is 11.4 Å². The number of rotatable bonds is 4. The van der Waals surface area contributed by atoms with Crippen molar-refractivity contribution >= 4 is 33.2 Å². The number of aryl methyl sites for hydroxylation is 1. The third-order valence-corrected chi connectivity index (χ3v) is 4.53. The Kier molecular flexibility index (Phi) is 4.15. The van der Waals surface area contributed by atoms with Gasteiger partial charge in [0.2, 0.25) is 10.0 Å². The summed E-state index contributed by atoms with van der Waals surface area (Å²) in [4.78, 5) is -0.0365. The summed E-state index contributed by atoms with van der Waals surface area (Å²) in [6.45, 7) is 0.138. The van der Waals surface area contributed by atoms with E-state index in [0.29, 0.717) is 5.02 Å². The number of sulfonamides is 1. The first-order valence-corrected chi connectivity index (χ1v) is 7.54. The predicted molar refractivity (Wildman–Crippen MR) is 73.7 cm³/mol. The van der Waals surface area contributed by atoms with Crippen LogP contribution in [0.1, 0.15) is 5.56 Å². The molecule has 1 N–H and O–H groups in total. The topological polar surface area (TPSA) is 64.0 Å². The van der Waals surface area contributed by atoms with Crippen LogP contribution in [0.3, 0.4) is 0 Å². The van der Waals surface area contributed by atoms with Crippen LogP contribution >= 0.6 is 23.2 Å². The first-order valence-electron chi connectivity index (χ1n) is 5.31. The second-order valence-electron chi connectivity index (χ2n) is 3.92. The number of nitrogens with zero attached hydrogens (tertiary/aromatic N) is 2. The highest BCUT2D eigenvalue weighted by Gasteiger charge is 2.18. The molecule has 1 heterocycles. The van der Waals surface area contributed by atoms with Crippen LogP contribution in [-0.2, 0) is 23.6 Å². The summed E-state index contributed by atoms with van der Waals surface area (Å²) in [6, 6.07) is 4.29. The van der Waals surface area contributed by atoms with Gasteiger partial charge in [-0.05, 0) is 18.2 Å². The van der Waals surface area contributed by atoms with Gasteiger partial charge in [0, 0.05) is 30.4 Å². The summed E-state index contributed by atoms with van der Waals surface area (Å²) in [7, 11) is -1.95. The zero-order valence-electron chi connectivity index (χ0n) is 9.97. The Hall–Kier alpha value is -1.08. The van der Waals surface area contributed by atoms with Crippen LogP contribution in [0.5, 0.6) is 0 Å². The van der Waals surface area contributed by atoms with Gasteiger partial charge in [0.1, 0.15) is 4.90 Å². The van der Waals surface area contributed by atoms with Gasteiger partial charge in [-0.2, -0.15) is 5.10 Å². The van der Waals surface area contributed by atoms with Gasteiger partial charge in [-0.1, -0.05) is 23.2 Å². The molecular formula is C11H11Cl2N3O2S. The fraction of sp³-hybridized carbons (Fsp3) is 0.182. The fourth-order valence-corrected chi connectivity index (χ4v) is 3.28. The minimum absolute atomic E-state index is 0.0365. The van der Waals surface area contributed by atoms with E-state index in [4.69, 9.17) is 23.2 Å². The molecule has 2 aromatic rings. The van der Waals surface area contributed by atoms with Crippen LogP contribution < -0.4 is 4.72 Å². The molecule has 19 heavy (non-hydrogen) atoms. The van der Waals surface area contributed by atoms with Crippen molar-refractivity contribution in [1.29, 1.82) is 0 Å². The summed E-state index contributed by atoms with van der Waals surface area (Å²) in [5.74, 6) is 0. The first-order chi connectivity index (χ1) is 8.88. The Balaban J connectivity index is 2.20. The maximum absolute atomic E-state index is 12.1. The lowest BCUT2D eigenvalue weighted by molar-refractivity contribution is 0.581. The summed E-state index contributed by atoms with van der Waals surface area (Å²) in [5, 5.41) is 4.40. The Bertz CT molecular complexity index is 698.